The van der Waals surface area contributed by atoms with Crippen molar-refractivity contribution in [1.29, 1.82) is 0 Å². The van der Waals surface area contributed by atoms with E-state index in [-0.39, 0.29) is 29.8 Å². The molecule has 1 aliphatic rings. The molecule has 5 rings (SSSR count). The maximum atomic E-state index is 13.6. The summed E-state index contributed by atoms with van der Waals surface area (Å²) in [5.41, 5.74) is 4.36. The Morgan fingerprint density at radius 1 is 1.03 bits per heavy atom. The molecular weight excluding hydrogens is 465 g/mol. The Morgan fingerprint density at radius 2 is 1.78 bits per heavy atom. The summed E-state index contributed by atoms with van der Waals surface area (Å²) in [5.74, 6) is 0.377. The number of amides is 1. The number of rotatable bonds is 4. The molecule has 0 unspecified atom stereocenters. The van der Waals surface area contributed by atoms with Gasteiger partial charge in [0.05, 0.1) is 23.7 Å². The Labute approximate surface area is 207 Å². The minimum Gasteiger partial charge on any atom is -0.441 e. The number of carbonyl (C=O) groups excluding carboxylic acids is 1. The van der Waals surface area contributed by atoms with Crippen LogP contribution in [0.3, 0.4) is 0 Å². The lowest BCUT2D eigenvalue weighted by Crippen LogP contribution is -2.41. The standard InChI is InChI=1S/C29H25F3N2O2/c1-18-10-12-21(13-11-18)27-24-9-4-3-6-20(24)14-15-34(27)26(35)17-25-19(2)36-28(33-25)22-7-5-8-23(16-22)29(30,31)32/h3-13,16,27H,14-15,17H2,1-2H3/t27-/m0/s1. The third-order valence-electron chi connectivity index (χ3n) is 6.65. The molecule has 0 saturated carbocycles. The molecule has 1 atom stereocenters. The highest BCUT2D eigenvalue weighted by Gasteiger charge is 2.33. The molecule has 4 aromatic rings. The van der Waals surface area contributed by atoms with Crippen LogP contribution in [0.5, 0.6) is 0 Å². The van der Waals surface area contributed by atoms with Gasteiger partial charge in [0.15, 0.2) is 0 Å². The molecule has 7 heteroatoms. The monoisotopic (exact) mass is 490 g/mol. The molecule has 0 bridgehead atoms. The summed E-state index contributed by atoms with van der Waals surface area (Å²) in [6, 6.07) is 21.0. The van der Waals surface area contributed by atoms with Crippen molar-refractivity contribution in [3.63, 3.8) is 0 Å². The zero-order valence-corrected chi connectivity index (χ0v) is 20.0. The van der Waals surface area contributed by atoms with Gasteiger partial charge in [-0.05, 0) is 55.2 Å². The van der Waals surface area contributed by atoms with Crippen LogP contribution >= 0.6 is 0 Å². The number of hydrogen-bond donors (Lipinski definition) is 0. The second kappa shape index (κ2) is 9.30. The number of fused-ring (bicyclic) bond motifs is 1. The van der Waals surface area contributed by atoms with Gasteiger partial charge in [-0.15, -0.1) is 0 Å². The Hall–Kier alpha value is -3.87. The van der Waals surface area contributed by atoms with Crippen LogP contribution in [0.15, 0.2) is 77.2 Å². The first-order chi connectivity index (χ1) is 17.2. The van der Waals surface area contributed by atoms with E-state index in [2.05, 4.69) is 29.2 Å². The van der Waals surface area contributed by atoms with E-state index in [1.165, 1.54) is 17.7 Å². The lowest BCUT2D eigenvalue weighted by atomic mass is 9.87. The number of aromatic nitrogens is 1. The summed E-state index contributed by atoms with van der Waals surface area (Å²) in [4.78, 5) is 19.9. The summed E-state index contributed by atoms with van der Waals surface area (Å²) < 4.78 is 45.1. The van der Waals surface area contributed by atoms with Gasteiger partial charge in [0.2, 0.25) is 11.8 Å². The molecule has 0 saturated heterocycles. The highest BCUT2D eigenvalue weighted by Crippen LogP contribution is 2.36. The van der Waals surface area contributed by atoms with Crippen molar-refractivity contribution in [1.82, 2.24) is 9.88 Å². The van der Waals surface area contributed by atoms with Gasteiger partial charge in [-0.3, -0.25) is 4.79 Å². The number of halogens is 3. The smallest absolute Gasteiger partial charge is 0.416 e. The third-order valence-corrected chi connectivity index (χ3v) is 6.65. The molecule has 1 amide bonds. The van der Waals surface area contributed by atoms with Crippen molar-refractivity contribution in [2.75, 3.05) is 6.54 Å². The predicted octanol–water partition coefficient (Wildman–Crippen LogP) is 6.69. The van der Waals surface area contributed by atoms with Gasteiger partial charge in [0, 0.05) is 12.1 Å². The average Bonchev–Trinajstić information content (AvgIpc) is 3.23. The van der Waals surface area contributed by atoms with Crippen LogP contribution in [0, 0.1) is 13.8 Å². The fourth-order valence-corrected chi connectivity index (χ4v) is 4.73. The molecule has 4 nitrogen and oxygen atoms in total. The van der Waals surface area contributed by atoms with E-state index in [4.69, 9.17) is 4.42 Å². The van der Waals surface area contributed by atoms with Crippen molar-refractivity contribution < 1.29 is 22.4 Å². The van der Waals surface area contributed by atoms with Gasteiger partial charge in [-0.2, -0.15) is 13.2 Å². The maximum absolute atomic E-state index is 13.6. The van der Waals surface area contributed by atoms with E-state index in [9.17, 15) is 18.0 Å². The normalized spacial score (nSPS) is 15.6. The lowest BCUT2D eigenvalue weighted by molar-refractivity contribution is -0.137. The molecule has 0 aliphatic carbocycles. The summed E-state index contributed by atoms with van der Waals surface area (Å²) in [6.45, 7) is 4.26. The summed E-state index contributed by atoms with van der Waals surface area (Å²) in [7, 11) is 0. The SMILES string of the molecule is Cc1ccc([C@H]2c3ccccc3CCN2C(=O)Cc2nc(-c3cccc(C(F)(F)F)c3)oc2C)cc1. The van der Waals surface area contributed by atoms with Gasteiger partial charge < -0.3 is 9.32 Å². The molecule has 0 spiro atoms. The summed E-state index contributed by atoms with van der Waals surface area (Å²) in [6.07, 6.45) is -3.72. The molecule has 0 radical (unpaired) electrons. The molecular formula is C29H25F3N2O2. The topological polar surface area (TPSA) is 46.3 Å². The lowest BCUT2D eigenvalue weighted by Gasteiger charge is -2.38. The van der Waals surface area contributed by atoms with Gasteiger partial charge in [-0.25, -0.2) is 4.98 Å². The van der Waals surface area contributed by atoms with Crippen molar-refractivity contribution in [2.45, 2.75) is 38.9 Å². The fourth-order valence-electron chi connectivity index (χ4n) is 4.73. The van der Waals surface area contributed by atoms with Crippen LogP contribution < -0.4 is 0 Å². The van der Waals surface area contributed by atoms with Crippen LogP contribution in [0.4, 0.5) is 13.2 Å². The van der Waals surface area contributed by atoms with E-state index in [0.717, 1.165) is 35.2 Å². The second-order valence-corrected chi connectivity index (χ2v) is 9.13. The Bertz CT molecular complexity index is 1410. The molecule has 1 aliphatic heterocycles. The number of alkyl halides is 3. The molecule has 36 heavy (non-hydrogen) atoms. The Kier molecular flexibility index (Phi) is 6.16. The number of carbonyl (C=O) groups is 1. The van der Waals surface area contributed by atoms with E-state index in [1.807, 2.05) is 36.1 Å². The van der Waals surface area contributed by atoms with Crippen molar-refractivity contribution in [3.05, 3.63) is 112 Å². The van der Waals surface area contributed by atoms with Crippen LogP contribution in [0.2, 0.25) is 0 Å². The number of nitrogens with zero attached hydrogens (tertiary/aromatic N) is 2. The highest BCUT2D eigenvalue weighted by atomic mass is 19.4. The highest BCUT2D eigenvalue weighted by molar-refractivity contribution is 5.80. The van der Waals surface area contributed by atoms with Gasteiger partial charge in [-0.1, -0.05) is 60.2 Å². The van der Waals surface area contributed by atoms with Crippen molar-refractivity contribution in [3.8, 4) is 11.5 Å². The van der Waals surface area contributed by atoms with Gasteiger partial charge >= 0.3 is 6.18 Å². The molecule has 184 valence electrons. The zero-order chi connectivity index (χ0) is 25.4. The third kappa shape index (κ3) is 4.65. The second-order valence-electron chi connectivity index (χ2n) is 9.13. The van der Waals surface area contributed by atoms with Crippen molar-refractivity contribution >= 4 is 5.91 Å². The summed E-state index contributed by atoms with van der Waals surface area (Å²) >= 11 is 0. The predicted molar refractivity (Wildman–Crippen MR) is 130 cm³/mol. The Morgan fingerprint density at radius 3 is 2.53 bits per heavy atom. The zero-order valence-electron chi connectivity index (χ0n) is 20.0. The number of benzene rings is 3. The first kappa shape index (κ1) is 23.9. The molecule has 1 aromatic heterocycles. The van der Waals surface area contributed by atoms with Crippen LogP contribution in [-0.4, -0.2) is 22.3 Å². The van der Waals surface area contributed by atoms with Crippen LogP contribution in [0.1, 0.15) is 45.3 Å². The van der Waals surface area contributed by atoms with E-state index < -0.39 is 11.7 Å². The van der Waals surface area contributed by atoms with Gasteiger partial charge in [0.1, 0.15) is 5.76 Å². The quantitative estimate of drug-likeness (QED) is 0.320. The van der Waals surface area contributed by atoms with Crippen molar-refractivity contribution in [2.24, 2.45) is 0 Å². The first-order valence-corrected chi connectivity index (χ1v) is 11.8. The maximum Gasteiger partial charge on any atom is 0.416 e. The number of oxazole rings is 1. The number of hydrogen-bond acceptors (Lipinski definition) is 3. The van der Waals surface area contributed by atoms with E-state index in [0.29, 0.717) is 18.0 Å². The van der Waals surface area contributed by atoms with E-state index >= 15 is 0 Å². The minimum absolute atomic E-state index is 0.00117. The average molecular weight is 491 g/mol. The van der Waals surface area contributed by atoms with Crippen LogP contribution in [0.25, 0.3) is 11.5 Å². The summed E-state index contributed by atoms with van der Waals surface area (Å²) in [5, 5.41) is 0. The van der Waals surface area contributed by atoms with Crippen LogP contribution in [-0.2, 0) is 23.8 Å². The molecule has 0 N–H and O–H groups in total. The van der Waals surface area contributed by atoms with Gasteiger partial charge in [0.25, 0.3) is 0 Å². The molecule has 2 heterocycles. The van der Waals surface area contributed by atoms with E-state index in [1.54, 1.807) is 6.92 Å². The molecule has 0 fully saturated rings. The number of aryl methyl sites for hydroxylation is 2. The first-order valence-electron chi connectivity index (χ1n) is 11.8. The largest absolute Gasteiger partial charge is 0.441 e. The minimum atomic E-state index is -4.47. The fraction of sp³-hybridized carbons (Fsp3) is 0.241. The Balaban J connectivity index is 1.44. The molecule has 3 aromatic carbocycles.